The number of amides is 1. The van der Waals surface area contributed by atoms with E-state index in [2.05, 4.69) is 10.6 Å². The first kappa shape index (κ1) is 17.5. The Bertz CT molecular complexity index is 877. The lowest BCUT2D eigenvalue weighted by atomic mass is 10.2. The SMILES string of the molecule is COc1cccc(C(=O)Nc2ccc(NCc3ccc(F)cc3)cc2)c1. The highest BCUT2D eigenvalue weighted by Gasteiger charge is 2.07. The molecule has 3 aromatic carbocycles. The number of carbonyl (C=O) groups excluding carboxylic acids is 1. The van der Waals surface area contributed by atoms with E-state index in [-0.39, 0.29) is 11.7 Å². The van der Waals surface area contributed by atoms with Gasteiger partial charge in [-0.1, -0.05) is 18.2 Å². The van der Waals surface area contributed by atoms with Crippen LogP contribution >= 0.6 is 0 Å². The van der Waals surface area contributed by atoms with Crippen molar-refractivity contribution in [1.82, 2.24) is 0 Å². The highest BCUT2D eigenvalue weighted by molar-refractivity contribution is 6.04. The van der Waals surface area contributed by atoms with Crippen LogP contribution in [0.4, 0.5) is 15.8 Å². The zero-order chi connectivity index (χ0) is 18.4. The quantitative estimate of drug-likeness (QED) is 0.677. The second-order valence-corrected chi connectivity index (χ2v) is 5.74. The smallest absolute Gasteiger partial charge is 0.255 e. The Labute approximate surface area is 151 Å². The number of hydrogen-bond donors (Lipinski definition) is 2. The Kier molecular flexibility index (Phi) is 5.49. The second-order valence-electron chi connectivity index (χ2n) is 5.74. The molecule has 0 saturated heterocycles. The summed E-state index contributed by atoms with van der Waals surface area (Å²) in [5.74, 6) is 0.193. The van der Waals surface area contributed by atoms with Gasteiger partial charge in [0.25, 0.3) is 5.91 Å². The minimum atomic E-state index is -0.245. The maximum absolute atomic E-state index is 12.9. The molecule has 0 fully saturated rings. The molecule has 1 amide bonds. The summed E-state index contributed by atoms with van der Waals surface area (Å²) >= 11 is 0. The van der Waals surface area contributed by atoms with E-state index in [4.69, 9.17) is 4.74 Å². The standard InChI is InChI=1S/C21H19FN2O2/c1-26-20-4-2-3-16(13-20)21(25)24-19-11-9-18(10-12-19)23-14-15-5-7-17(22)8-6-15/h2-13,23H,14H2,1H3,(H,24,25). The molecule has 132 valence electrons. The average molecular weight is 350 g/mol. The molecule has 0 unspecified atom stereocenters. The van der Waals surface area contributed by atoms with Crippen molar-refractivity contribution in [2.24, 2.45) is 0 Å². The van der Waals surface area contributed by atoms with E-state index in [0.717, 1.165) is 11.3 Å². The van der Waals surface area contributed by atoms with E-state index in [1.54, 1.807) is 43.5 Å². The zero-order valence-electron chi connectivity index (χ0n) is 14.3. The van der Waals surface area contributed by atoms with E-state index in [0.29, 0.717) is 23.5 Å². The van der Waals surface area contributed by atoms with Crippen LogP contribution in [-0.4, -0.2) is 13.0 Å². The molecule has 0 spiro atoms. The van der Waals surface area contributed by atoms with Gasteiger partial charge in [0.05, 0.1) is 7.11 Å². The van der Waals surface area contributed by atoms with Gasteiger partial charge in [-0.3, -0.25) is 4.79 Å². The van der Waals surface area contributed by atoms with Gasteiger partial charge in [0.2, 0.25) is 0 Å². The van der Waals surface area contributed by atoms with Crippen LogP contribution in [0.3, 0.4) is 0 Å². The van der Waals surface area contributed by atoms with Gasteiger partial charge in [-0.05, 0) is 60.2 Å². The number of methoxy groups -OCH3 is 1. The molecule has 0 radical (unpaired) electrons. The monoisotopic (exact) mass is 350 g/mol. The Morgan fingerprint density at radius 2 is 1.65 bits per heavy atom. The zero-order valence-corrected chi connectivity index (χ0v) is 14.3. The summed E-state index contributed by atoms with van der Waals surface area (Å²) in [6.07, 6.45) is 0. The summed E-state index contributed by atoms with van der Waals surface area (Å²) in [7, 11) is 1.56. The molecular formula is C21H19FN2O2. The minimum absolute atomic E-state index is 0.198. The van der Waals surface area contributed by atoms with Gasteiger partial charge in [0.15, 0.2) is 0 Å². The molecule has 4 nitrogen and oxygen atoms in total. The third kappa shape index (κ3) is 4.60. The van der Waals surface area contributed by atoms with Gasteiger partial charge >= 0.3 is 0 Å². The molecule has 0 aliphatic heterocycles. The lowest BCUT2D eigenvalue weighted by Gasteiger charge is -2.09. The predicted octanol–water partition coefficient (Wildman–Crippen LogP) is 4.70. The van der Waals surface area contributed by atoms with Crippen LogP contribution in [0.1, 0.15) is 15.9 Å². The molecule has 0 heterocycles. The van der Waals surface area contributed by atoms with Crippen molar-refractivity contribution in [2.45, 2.75) is 6.54 Å². The van der Waals surface area contributed by atoms with Gasteiger partial charge in [-0.2, -0.15) is 0 Å². The molecule has 26 heavy (non-hydrogen) atoms. The van der Waals surface area contributed by atoms with Crippen molar-refractivity contribution in [3.05, 3.63) is 89.7 Å². The van der Waals surface area contributed by atoms with Crippen LogP contribution in [0.2, 0.25) is 0 Å². The van der Waals surface area contributed by atoms with Crippen molar-refractivity contribution in [2.75, 3.05) is 17.7 Å². The van der Waals surface area contributed by atoms with Crippen LogP contribution in [0.5, 0.6) is 5.75 Å². The molecule has 0 bridgehead atoms. The summed E-state index contributed by atoms with van der Waals surface area (Å²) < 4.78 is 18.0. The van der Waals surface area contributed by atoms with Gasteiger partial charge in [-0.15, -0.1) is 0 Å². The van der Waals surface area contributed by atoms with E-state index < -0.39 is 0 Å². The van der Waals surface area contributed by atoms with E-state index >= 15 is 0 Å². The number of rotatable bonds is 6. The summed E-state index contributed by atoms with van der Waals surface area (Å²) in [4.78, 5) is 12.3. The van der Waals surface area contributed by atoms with Crippen LogP contribution in [0, 0.1) is 5.82 Å². The molecular weight excluding hydrogens is 331 g/mol. The lowest BCUT2D eigenvalue weighted by Crippen LogP contribution is -2.11. The molecule has 3 aromatic rings. The molecule has 5 heteroatoms. The van der Waals surface area contributed by atoms with E-state index in [1.807, 2.05) is 24.3 Å². The average Bonchev–Trinajstić information content (AvgIpc) is 2.68. The number of carbonyl (C=O) groups is 1. The Balaban J connectivity index is 1.58. The van der Waals surface area contributed by atoms with Gasteiger partial charge in [0.1, 0.15) is 11.6 Å². The first-order valence-electron chi connectivity index (χ1n) is 8.18. The fourth-order valence-electron chi connectivity index (χ4n) is 2.45. The van der Waals surface area contributed by atoms with Crippen LogP contribution in [0.15, 0.2) is 72.8 Å². The molecule has 3 rings (SSSR count). The summed E-state index contributed by atoms with van der Waals surface area (Å²) in [6.45, 7) is 0.593. The first-order valence-corrected chi connectivity index (χ1v) is 8.18. The molecule has 2 N–H and O–H groups in total. The van der Waals surface area contributed by atoms with E-state index in [9.17, 15) is 9.18 Å². The second kappa shape index (κ2) is 8.16. The Morgan fingerprint density at radius 1 is 0.962 bits per heavy atom. The molecule has 0 saturated carbocycles. The highest BCUT2D eigenvalue weighted by Crippen LogP contribution is 2.17. The van der Waals surface area contributed by atoms with Gasteiger partial charge < -0.3 is 15.4 Å². The lowest BCUT2D eigenvalue weighted by molar-refractivity contribution is 0.102. The van der Waals surface area contributed by atoms with Crippen molar-refractivity contribution >= 4 is 17.3 Å². The van der Waals surface area contributed by atoms with Gasteiger partial charge in [-0.25, -0.2) is 4.39 Å². The predicted molar refractivity (Wildman–Crippen MR) is 101 cm³/mol. The van der Waals surface area contributed by atoms with Crippen LogP contribution < -0.4 is 15.4 Å². The van der Waals surface area contributed by atoms with E-state index in [1.165, 1.54) is 12.1 Å². The minimum Gasteiger partial charge on any atom is -0.497 e. The number of halogens is 1. The van der Waals surface area contributed by atoms with Crippen molar-refractivity contribution in [3.8, 4) is 5.75 Å². The highest BCUT2D eigenvalue weighted by atomic mass is 19.1. The number of hydrogen-bond acceptors (Lipinski definition) is 3. The summed E-state index contributed by atoms with van der Waals surface area (Å²) in [5.41, 5.74) is 3.13. The fourth-order valence-corrected chi connectivity index (χ4v) is 2.45. The number of anilines is 2. The maximum Gasteiger partial charge on any atom is 0.255 e. The number of ether oxygens (including phenoxy) is 1. The van der Waals surface area contributed by atoms with Crippen LogP contribution in [0.25, 0.3) is 0 Å². The molecule has 0 aliphatic carbocycles. The third-order valence-corrected chi connectivity index (χ3v) is 3.88. The third-order valence-electron chi connectivity index (χ3n) is 3.88. The van der Waals surface area contributed by atoms with Crippen LogP contribution in [-0.2, 0) is 6.54 Å². The Morgan fingerprint density at radius 3 is 2.35 bits per heavy atom. The maximum atomic E-state index is 12.9. The first-order chi connectivity index (χ1) is 12.6. The Hall–Kier alpha value is -3.34. The summed E-state index contributed by atoms with van der Waals surface area (Å²) in [5, 5.41) is 6.11. The molecule has 0 atom stereocenters. The number of nitrogens with one attached hydrogen (secondary N) is 2. The molecule has 0 aromatic heterocycles. The summed E-state index contributed by atoms with van der Waals surface area (Å²) in [6, 6.07) is 20.8. The number of benzene rings is 3. The fraction of sp³-hybridized carbons (Fsp3) is 0.0952. The van der Waals surface area contributed by atoms with Crippen molar-refractivity contribution in [1.29, 1.82) is 0 Å². The molecule has 0 aliphatic rings. The largest absolute Gasteiger partial charge is 0.497 e. The van der Waals surface area contributed by atoms with Gasteiger partial charge in [0, 0.05) is 23.5 Å². The van der Waals surface area contributed by atoms with Crippen molar-refractivity contribution < 1.29 is 13.9 Å². The normalized spacial score (nSPS) is 10.2. The topological polar surface area (TPSA) is 50.4 Å². The van der Waals surface area contributed by atoms with Crippen molar-refractivity contribution in [3.63, 3.8) is 0 Å².